The summed E-state index contributed by atoms with van der Waals surface area (Å²) in [7, 11) is 3.49. The minimum absolute atomic E-state index is 0.166. The maximum Gasteiger partial charge on any atom is 0.223 e. The topological polar surface area (TPSA) is 41.6 Å². The highest BCUT2D eigenvalue weighted by atomic mass is 16.5. The van der Waals surface area contributed by atoms with E-state index in [1.807, 2.05) is 31.3 Å². The van der Waals surface area contributed by atoms with Gasteiger partial charge in [-0.25, -0.2) is 0 Å². The third-order valence-electron chi connectivity index (χ3n) is 3.38. The molecule has 104 valence electrons. The summed E-state index contributed by atoms with van der Waals surface area (Å²) in [5, 5.41) is 3.36. The molecule has 1 aliphatic carbocycles. The van der Waals surface area contributed by atoms with Gasteiger partial charge in [0.2, 0.25) is 5.91 Å². The maximum atomic E-state index is 12.0. The fourth-order valence-electron chi connectivity index (χ4n) is 2.04. The molecule has 4 nitrogen and oxygen atoms in total. The number of ether oxygens (including phenoxy) is 1. The Balaban J connectivity index is 1.81. The van der Waals surface area contributed by atoms with Crippen molar-refractivity contribution in [2.24, 2.45) is 0 Å². The van der Waals surface area contributed by atoms with E-state index in [1.165, 1.54) is 12.8 Å². The molecule has 1 aromatic carbocycles. The summed E-state index contributed by atoms with van der Waals surface area (Å²) in [6, 6.07) is 8.47. The molecule has 1 amide bonds. The van der Waals surface area contributed by atoms with Crippen LogP contribution < -0.4 is 10.1 Å². The number of rotatable bonds is 7. The predicted octanol–water partition coefficient (Wildman–Crippen LogP) is 1.80. The fraction of sp³-hybridized carbons (Fsp3) is 0.533. The fourth-order valence-corrected chi connectivity index (χ4v) is 2.04. The molecule has 0 saturated heterocycles. The second kappa shape index (κ2) is 6.57. The average Bonchev–Trinajstić information content (AvgIpc) is 3.23. The van der Waals surface area contributed by atoms with Gasteiger partial charge < -0.3 is 15.0 Å². The van der Waals surface area contributed by atoms with Gasteiger partial charge >= 0.3 is 0 Å². The number of para-hydroxylation sites is 1. The molecule has 0 atom stereocenters. The SMILES string of the molecule is COc1ccccc1CN(C)C(=O)CCNC1CC1. The number of nitrogens with one attached hydrogen (secondary N) is 1. The summed E-state index contributed by atoms with van der Waals surface area (Å²) < 4.78 is 5.30. The molecule has 1 N–H and O–H groups in total. The lowest BCUT2D eigenvalue weighted by Crippen LogP contribution is -2.30. The molecule has 0 radical (unpaired) electrons. The smallest absolute Gasteiger partial charge is 0.223 e. The first kappa shape index (κ1) is 13.9. The number of hydrogen-bond acceptors (Lipinski definition) is 3. The van der Waals surface area contributed by atoms with E-state index in [2.05, 4.69) is 5.32 Å². The van der Waals surface area contributed by atoms with Crippen LogP contribution in [0.1, 0.15) is 24.8 Å². The summed E-state index contributed by atoms with van der Waals surface area (Å²) in [6.45, 7) is 1.37. The van der Waals surface area contributed by atoms with E-state index in [1.54, 1.807) is 12.0 Å². The van der Waals surface area contributed by atoms with Crippen LogP contribution in [0.5, 0.6) is 5.75 Å². The van der Waals surface area contributed by atoms with Gasteiger partial charge in [0.25, 0.3) is 0 Å². The molecule has 1 aliphatic rings. The van der Waals surface area contributed by atoms with Gasteiger partial charge in [0.05, 0.1) is 7.11 Å². The van der Waals surface area contributed by atoms with Crippen LogP contribution in [-0.4, -0.2) is 37.6 Å². The van der Waals surface area contributed by atoms with Gasteiger partial charge in [0, 0.05) is 38.2 Å². The molecule has 4 heteroatoms. The third kappa shape index (κ3) is 4.24. The van der Waals surface area contributed by atoms with E-state index in [-0.39, 0.29) is 5.91 Å². The Bertz CT molecular complexity index is 430. The van der Waals surface area contributed by atoms with Gasteiger partial charge in [0.1, 0.15) is 5.75 Å². The van der Waals surface area contributed by atoms with Gasteiger partial charge in [-0.3, -0.25) is 4.79 Å². The van der Waals surface area contributed by atoms with Gasteiger partial charge in [-0.05, 0) is 18.9 Å². The zero-order chi connectivity index (χ0) is 13.7. The summed E-state index contributed by atoms with van der Waals surface area (Å²) in [5.41, 5.74) is 1.04. The van der Waals surface area contributed by atoms with Crippen molar-refractivity contribution in [2.75, 3.05) is 20.7 Å². The first-order valence-electron chi connectivity index (χ1n) is 6.80. The molecule has 0 aliphatic heterocycles. The summed E-state index contributed by atoms with van der Waals surface area (Å²) in [4.78, 5) is 13.8. The third-order valence-corrected chi connectivity index (χ3v) is 3.38. The molecule has 1 fully saturated rings. The van der Waals surface area contributed by atoms with Gasteiger partial charge in [0.15, 0.2) is 0 Å². The van der Waals surface area contributed by atoms with E-state index in [0.717, 1.165) is 17.9 Å². The molecule has 0 bridgehead atoms. The summed E-state index contributed by atoms with van der Waals surface area (Å²) >= 11 is 0. The van der Waals surface area contributed by atoms with E-state index in [0.29, 0.717) is 19.0 Å². The lowest BCUT2D eigenvalue weighted by molar-refractivity contribution is -0.130. The number of amides is 1. The van der Waals surface area contributed by atoms with Crippen LogP contribution in [0.3, 0.4) is 0 Å². The Morgan fingerprint density at radius 3 is 2.84 bits per heavy atom. The molecular weight excluding hydrogens is 240 g/mol. The van der Waals surface area contributed by atoms with Crippen LogP contribution in [-0.2, 0) is 11.3 Å². The minimum atomic E-state index is 0.166. The number of benzene rings is 1. The van der Waals surface area contributed by atoms with Gasteiger partial charge in [-0.15, -0.1) is 0 Å². The van der Waals surface area contributed by atoms with E-state index >= 15 is 0 Å². The molecule has 0 heterocycles. The van der Waals surface area contributed by atoms with Crippen molar-refractivity contribution < 1.29 is 9.53 Å². The molecule has 19 heavy (non-hydrogen) atoms. The molecular formula is C15H22N2O2. The maximum absolute atomic E-state index is 12.0. The van der Waals surface area contributed by atoms with E-state index in [4.69, 9.17) is 4.74 Å². The van der Waals surface area contributed by atoms with Crippen LogP contribution in [0.25, 0.3) is 0 Å². The van der Waals surface area contributed by atoms with E-state index < -0.39 is 0 Å². The average molecular weight is 262 g/mol. The summed E-state index contributed by atoms with van der Waals surface area (Å²) in [5.74, 6) is 0.998. The van der Waals surface area contributed by atoms with Crippen molar-refractivity contribution in [2.45, 2.75) is 31.8 Å². The molecule has 0 unspecified atom stereocenters. The molecule has 2 rings (SSSR count). The van der Waals surface area contributed by atoms with Crippen molar-refractivity contribution in [3.05, 3.63) is 29.8 Å². The monoisotopic (exact) mass is 262 g/mol. The number of carbonyl (C=O) groups is 1. The van der Waals surface area contributed by atoms with Crippen LogP contribution in [0.15, 0.2) is 24.3 Å². The predicted molar refractivity (Wildman–Crippen MR) is 75.1 cm³/mol. The molecule has 1 saturated carbocycles. The number of carbonyl (C=O) groups excluding carboxylic acids is 1. The lowest BCUT2D eigenvalue weighted by Gasteiger charge is -2.19. The highest BCUT2D eigenvalue weighted by molar-refractivity contribution is 5.76. The zero-order valence-electron chi connectivity index (χ0n) is 11.7. The number of methoxy groups -OCH3 is 1. The highest BCUT2D eigenvalue weighted by Gasteiger charge is 2.20. The van der Waals surface area contributed by atoms with Crippen molar-refractivity contribution in [1.82, 2.24) is 10.2 Å². The highest BCUT2D eigenvalue weighted by Crippen LogP contribution is 2.19. The first-order valence-corrected chi connectivity index (χ1v) is 6.80. The Morgan fingerprint density at radius 2 is 2.16 bits per heavy atom. The zero-order valence-corrected chi connectivity index (χ0v) is 11.7. The van der Waals surface area contributed by atoms with Crippen LogP contribution >= 0.6 is 0 Å². The van der Waals surface area contributed by atoms with Gasteiger partial charge in [-0.2, -0.15) is 0 Å². The van der Waals surface area contributed by atoms with Crippen molar-refractivity contribution in [1.29, 1.82) is 0 Å². The molecule has 0 aromatic heterocycles. The number of nitrogens with zero attached hydrogens (tertiary/aromatic N) is 1. The second-order valence-corrected chi connectivity index (χ2v) is 5.04. The second-order valence-electron chi connectivity index (χ2n) is 5.04. The van der Waals surface area contributed by atoms with Gasteiger partial charge in [-0.1, -0.05) is 18.2 Å². The first-order chi connectivity index (χ1) is 9.20. The van der Waals surface area contributed by atoms with E-state index in [9.17, 15) is 4.79 Å². The Morgan fingerprint density at radius 1 is 1.42 bits per heavy atom. The summed E-state index contributed by atoms with van der Waals surface area (Å²) in [6.07, 6.45) is 3.07. The Kier molecular flexibility index (Phi) is 4.80. The molecule has 1 aromatic rings. The molecule has 0 spiro atoms. The van der Waals surface area contributed by atoms with Crippen LogP contribution in [0.2, 0.25) is 0 Å². The largest absolute Gasteiger partial charge is 0.496 e. The van der Waals surface area contributed by atoms with Crippen molar-refractivity contribution in [3.63, 3.8) is 0 Å². The van der Waals surface area contributed by atoms with Crippen molar-refractivity contribution >= 4 is 5.91 Å². The minimum Gasteiger partial charge on any atom is -0.496 e. The standard InChI is InChI=1S/C15H22N2O2/c1-17(15(18)9-10-16-13-7-8-13)11-12-5-3-4-6-14(12)19-2/h3-6,13,16H,7-11H2,1-2H3. The van der Waals surface area contributed by atoms with Crippen molar-refractivity contribution in [3.8, 4) is 5.75 Å². The Hall–Kier alpha value is -1.55. The number of hydrogen-bond donors (Lipinski definition) is 1. The quantitative estimate of drug-likeness (QED) is 0.814. The van der Waals surface area contributed by atoms with Crippen LogP contribution in [0, 0.1) is 0 Å². The normalized spacial score (nSPS) is 14.2. The Labute approximate surface area is 114 Å². The lowest BCUT2D eigenvalue weighted by atomic mass is 10.2. The van der Waals surface area contributed by atoms with Crippen LogP contribution in [0.4, 0.5) is 0 Å².